The number of ether oxygens (including phenoxy) is 1. The minimum atomic E-state index is 0.0442. The molecule has 0 heterocycles. The lowest BCUT2D eigenvalue weighted by atomic mass is 10.1. The second-order valence-electron chi connectivity index (χ2n) is 3.42. The van der Waals surface area contributed by atoms with Gasteiger partial charge in [-0.15, -0.1) is 0 Å². The van der Waals surface area contributed by atoms with Crippen LogP contribution in [0.25, 0.3) is 0 Å². The van der Waals surface area contributed by atoms with Gasteiger partial charge in [-0.1, -0.05) is 19.1 Å². The number of carbonyl (C=O) groups excluding carboxylic acids is 1. The number of amides is 1. The molecule has 3 heteroatoms. The second kappa shape index (κ2) is 6.06. The van der Waals surface area contributed by atoms with Crippen molar-refractivity contribution in [2.75, 3.05) is 6.61 Å². The Labute approximate surface area is 90.4 Å². The summed E-state index contributed by atoms with van der Waals surface area (Å²) < 4.78 is 5.46. The number of rotatable bonds is 6. The monoisotopic (exact) mass is 207 g/mol. The minimum Gasteiger partial charge on any atom is -0.494 e. The smallest absolute Gasteiger partial charge is 0.207 e. The van der Waals surface area contributed by atoms with Gasteiger partial charge in [0.05, 0.1) is 12.6 Å². The van der Waals surface area contributed by atoms with Crippen LogP contribution in [0.3, 0.4) is 0 Å². The second-order valence-corrected chi connectivity index (χ2v) is 3.42. The first-order valence-corrected chi connectivity index (χ1v) is 5.20. The third-order valence-corrected chi connectivity index (χ3v) is 2.17. The Morgan fingerprint density at radius 2 is 2.07 bits per heavy atom. The maximum Gasteiger partial charge on any atom is 0.207 e. The Kier molecular flexibility index (Phi) is 4.68. The van der Waals surface area contributed by atoms with Crippen LogP contribution in [0.4, 0.5) is 0 Å². The molecule has 0 aliphatic carbocycles. The fraction of sp³-hybridized carbons (Fsp3) is 0.417. The lowest BCUT2D eigenvalue weighted by Gasteiger charge is -2.11. The molecule has 0 saturated carbocycles. The lowest BCUT2D eigenvalue weighted by molar-refractivity contribution is -0.110. The molecule has 82 valence electrons. The van der Waals surface area contributed by atoms with Gasteiger partial charge >= 0.3 is 0 Å². The van der Waals surface area contributed by atoms with E-state index in [2.05, 4.69) is 12.2 Å². The molecule has 0 unspecified atom stereocenters. The van der Waals surface area contributed by atoms with E-state index in [1.807, 2.05) is 31.2 Å². The van der Waals surface area contributed by atoms with E-state index in [0.717, 1.165) is 24.3 Å². The van der Waals surface area contributed by atoms with Crippen LogP contribution in [0.15, 0.2) is 24.3 Å². The van der Waals surface area contributed by atoms with Crippen LogP contribution >= 0.6 is 0 Å². The summed E-state index contributed by atoms with van der Waals surface area (Å²) in [6, 6.07) is 7.82. The summed E-state index contributed by atoms with van der Waals surface area (Å²) in [4.78, 5) is 10.3. The molecule has 0 saturated heterocycles. The van der Waals surface area contributed by atoms with Gasteiger partial charge in [0.2, 0.25) is 6.41 Å². The molecule has 1 rings (SSSR count). The molecule has 0 aliphatic rings. The Balaban J connectivity index is 2.59. The van der Waals surface area contributed by atoms with E-state index >= 15 is 0 Å². The fourth-order valence-electron chi connectivity index (χ4n) is 1.27. The summed E-state index contributed by atoms with van der Waals surface area (Å²) in [7, 11) is 0. The molecule has 1 aromatic rings. The largest absolute Gasteiger partial charge is 0.494 e. The number of carbonyl (C=O) groups is 1. The average molecular weight is 207 g/mol. The van der Waals surface area contributed by atoms with Crippen molar-refractivity contribution >= 4 is 6.41 Å². The van der Waals surface area contributed by atoms with Gasteiger partial charge in [-0.2, -0.15) is 0 Å². The van der Waals surface area contributed by atoms with Crippen LogP contribution in [0, 0.1) is 0 Å². The molecule has 0 aliphatic heterocycles. The van der Waals surface area contributed by atoms with Gasteiger partial charge in [-0.25, -0.2) is 0 Å². The fourth-order valence-corrected chi connectivity index (χ4v) is 1.27. The maximum atomic E-state index is 10.3. The van der Waals surface area contributed by atoms with Crippen LogP contribution in [0.5, 0.6) is 5.75 Å². The van der Waals surface area contributed by atoms with Crippen LogP contribution in [-0.4, -0.2) is 13.0 Å². The van der Waals surface area contributed by atoms with Crippen molar-refractivity contribution in [3.63, 3.8) is 0 Å². The maximum absolute atomic E-state index is 10.3. The Bertz CT molecular complexity index is 295. The Morgan fingerprint density at radius 1 is 1.40 bits per heavy atom. The highest BCUT2D eigenvalue weighted by atomic mass is 16.5. The Hall–Kier alpha value is -1.51. The topological polar surface area (TPSA) is 38.3 Å². The summed E-state index contributed by atoms with van der Waals surface area (Å²) in [6.07, 6.45) is 1.72. The van der Waals surface area contributed by atoms with Gasteiger partial charge in [0, 0.05) is 0 Å². The van der Waals surface area contributed by atoms with Crippen LogP contribution < -0.4 is 10.1 Å². The van der Waals surface area contributed by atoms with Gasteiger partial charge in [0.15, 0.2) is 0 Å². The minimum absolute atomic E-state index is 0.0442. The van der Waals surface area contributed by atoms with Crippen LogP contribution in [0.2, 0.25) is 0 Å². The lowest BCUT2D eigenvalue weighted by Crippen LogP contribution is -2.15. The standard InChI is InChI=1S/C12H17NO2/c1-3-8-15-12-6-4-11(5-7-12)10(2)13-9-14/h4-7,9-10H,3,8H2,1-2H3,(H,13,14)/t10-/m0/s1. The zero-order valence-corrected chi connectivity index (χ0v) is 9.19. The first kappa shape index (κ1) is 11.6. The molecule has 1 N–H and O–H groups in total. The van der Waals surface area contributed by atoms with Crippen molar-refractivity contribution in [1.82, 2.24) is 5.32 Å². The van der Waals surface area contributed by atoms with E-state index in [-0.39, 0.29) is 6.04 Å². The van der Waals surface area contributed by atoms with E-state index < -0.39 is 0 Å². The predicted molar refractivity (Wildman–Crippen MR) is 59.8 cm³/mol. The summed E-state index contributed by atoms with van der Waals surface area (Å²) in [6.45, 7) is 4.75. The molecule has 0 aromatic heterocycles. The molecule has 15 heavy (non-hydrogen) atoms. The third kappa shape index (κ3) is 3.62. The molecule has 0 fully saturated rings. The highest BCUT2D eigenvalue weighted by Crippen LogP contribution is 2.17. The molecule has 0 bridgehead atoms. The van der Waals surface area contributed by atoms with Crippen molar-refractivity contribution in [1.29, 1.82) is 0 Å². The highest BCUT2D eigenvalue weighted by molar-refractivity contribution is 5.47. The molecule has 1 aromatic carbocycles. The van der Waals surface area contributed by atoms with E-state index in [1.54, 1.807) is 0 Å². The van der Waals surface area contributed by atoms with Crippen molar-refractivity contribution in [3.8, 4) is 5.75 Å². The van der Waals surface area contributed by atoms with Gasteiger partial charge in [0.25, 0.3) is 0 Å². The molecular formula is C12H17NO2. The van der Waals surface area contributed by atoms with Gasteiger partial charge in [0.1, 0.15) is 5.75 Å². The van der Waals surface area contributed by atoms with Crippen molar-refractivity contribution < 1.29 is 9.53 Å². The summed E-state index contributed by atoms with van der Waals surface area (Å²) in [5.41, 5.74) is 1.07. The normalized spacial score (nSPS) is 11.9. The highest BCUT2D eigenvalue weighted by Gasteiger charge is 2.02. The van der Waals surface area contributed by atoms with Crippen molar-refractivity contribution in [2.24, 2.45) is 0 Å². The number of benzene rings is 1. The zero-order valence-electron chi connectivity index (χ0n) is 9.19. The van der Waals surface area contributed by atoms with Crippen LogP contribution in [-0.2, 0) is 4.79 Å². The van der Waals surface area contributed by atoms with Gasteiger partial charge in [-0.05, 0) is 31.0 Å². The average Bonchev–Trinajstić information content (AvgIpc) is 2.27. The Morgan fingerprint density at radius 3 is 2.60 bits per heavy atom. The third-order valence-electron chi connectivity index (χ3n) is 2.17. The molecular weight excluding hydrogens is 190 g/mol. The number of nitrogens with one attached hydrogen (secondary N) is 1. The predicted octanol–water partition coefficient (Wildman–Crippen LogP) is 2.28. The van der Waals surface area contributed by atoms with Crippen molar-refractivity contribution in [3.05, 3.63) is 29.8 Å². The molecule has 1 atom stereocenters. The zero-order chi connectivity index (χ0) is 11.1. The summed E-state index contributed by atoms with van der Waals surface area (Å²) in [5, 5.41) is 2.70. The quantitative estimate of drug-likeness (QED) is 0.727. The molecule has 0 spiro atoms. The number of hydrogen-bond donors (Lipinski definition) is 1. The first-order valence-electron chi connectivity index (χ1n) is 5.20. The molecule has 0 radical (unpaired) electrons. The van der Waals surface area contributed by atoms with E-state index in [9.17, 15) is 4.79 Å². The van der Waals surface area contributed by atoms with E-state index in [0.29, 0.717) is 6.41 Å². The summed E-state index contributed by atoms with van der Waals surface area (Å²) >= 11 is 0. The first-order chi connectivity index (χ1) is 7.27. The summed E-state index contributed by atoms with van der Waals surface area (Å²) in [5.74, 6) is 0.874. The molecule has 1 amide bonds. The molecule has 3 nitrogen and oxygen atoms in total. The van der Waals surface area contributed by atoms with E-state index in [4.69, 9.17) is 4.74 Å². The van der Waals surface area contributed by atoms with E-state index in [1.165, 1.54) is 0 Å². The van der Waals surface area contributed by atoms with Crippen molar-refractivity contribution in [2.45, 2.75) is 26.3 Å². The van der Waals surface area contributed by atoms with Gasteiger partial charge in [-0.3, -0.25) is 4.79 Å². The van der Waals surface area contributed by atoms with Gasteiger partial charge < -0.3 is 10.1 Å². The number of hydrogen-bond acceptors (Lipinski definition) is 2. The SMILES string of the molecule is CCCOc1ccc([C@H](C)NC=O)cc1. The van der Waals surface area contributed by atoms with Crippen LogP contribution in [0.1, 0.15) is 31.9 Å².